The minimum atomic E-state index is -3.63. The van der Waals surface area contributed by atoms with Gasteiger partial charge < -0.3 is 10.2 Å². The lowest BCUT2D eigenvalue weighted by atomic mass is 10.1. The Labute approximate surface area is 119 Å². The highest BCUT2D eigenvalue weighted by atomic mass is 32.2. The molecule has 0 radical (unpaired) electrons. The first-order valence-electron chi connectivity index (χ1n) is 6.05. The zero-order valence-electron chi connectivity index (χ0n) is 11.8. The summed E-state index contributed by atoms with van der Waals surface area (Å²) in [5, 5.41) is 18.3. The van der Waals surface area contributed by atoms with Crippen LogP contribution in [0, 0.1) is 11.8 Å². The van der Waals surface area contributed by atoms with Crippen molar-refractivity contribution < 1.29 is 18.6 Å². The van der Waals surface area contributed by atoms with E-state index >= 15 is 0 Å². The van der Waals surface area contributed by atoms with Crippen molar-refractivity contribution in [3.05, 3.63) is 29.8 Å². The van der Waals surface area contributed by atoms with E-state index in [0.717, 1.165) is 4.31 Å². The average Bonchev–Trinajstić information content (AvgIpc) is 2.34. The lowest BCUT2D eigenvalue weighted by Crippen LogP contribution is -2.39. The topological polar surface area (TPSA) is 77.8 Å². The molecule has 2 N–H and O–H groups in total. The van der Waals surface area contributed by atoms with Crippen LogP contribution >= 0.6 is 0 Å². The molecule has 6 heteroatoms. The number of aliphatic hydroxyl groups excluding tert-OH is 1. The first-order chi connectivity index (χ1) is 9.16. The van der Waals surface area contributed by atoms with Crippen LogP contribution in [0.4, 0.5) is 0 Å². The normalized spacial score (nSPS) is 12.1. The molecular weight excluding hydrogens is 278 g/mol. The molecule has 0 spiro atoms. The van der Waals surface area contributed by atoms with Gasteiger partial charge in [0.1, 0.15) is 6.61 Å². The van der Waals surface area contributed by atoms with Gasteiger partial charge in [0, 0.05) is 19.2 Å². The van der Waals surface area contributed by atoms with Crippen LogP contribution in [0.1, 0.15) is 19.4 Å². The average molecular weight is 297 g/mol. The molecule has 0 unspecified atom stereocenters. The minimum absolute atomic E-state index is 0.00139. The molecule has 0 heterocycles. The smallest absolute Gasteiger partial charge is 0.242 e. The lowest BCUT2D eigenvalue weighted by Gasteiger charge is -2.25. The van der Waals surface area contributed by atoms with Crippen LogP contribution in [-0.4, -0.2) is 48.7 Å². The molecule has 0 saturated carbocycles. The maximum Gasteiger partial charge on any atom is 0.242 e. The van der Waals surface area contributed by atoms with Crippen LogP contribution in [-0.2, 0) is 10.0 Å². The van der Waals surface area contributed by atoms with Gasteiger partial charge in [-0.2, -0.15) is 4.31 Å². The molecule has 0 aliphatic carbocycles. The maximum atomic E-state index is 12.3. The summed E-state index contributed by atoms with van der Waals surface area (Å²) in [6.07, 6.45) is 0. The van der Waals surface area contributed by atoms with Gasteiger partial charge >= 0.3 is 0 Å². The molecule has 1 aromatic carbocycles. The Hall–Kier alpha value is -1.39. The highest BCUT2D eigenvalue weighted by molar-refractivity contribution is 7.89. The van der Waals surface area contributed by atoms with E-state index in [4.69, 9.17) is 5.11 Å². The number of hydrogen-bond donors (Lipinski definition) is 2. The zero-order valence-corrected chi connectivity index (χ0v) is 12.6. The number of aliphatic hydroxyl groups is 2. The van der Waals surface area contributed by atoms with E-state index in [1.54, 1.807) is 26.0 Å². The van der Waals surface area contributed by atoms with Crippen LogP contribution in [0.25, 0.3) is 0 Å². The summed E-state index contributed by atoms with van der Waals surface area (Å²) in [6.45, 7) is 2.86. The highest BCUT2D eigenvalue weighted by Gasteiger charge is 2.26. The van der Waals surface area contributed by atoms with Crippen LogP contribution < -0.4 is 0 Å². The van der Waals surface area contributed by atoms with Gasteiger partial charge in [0.2, 0.25) is 10.0 Å². The van der Waals surface area contributed by atoms with Crippen molar-refractivity contribution in [3.8, 4) is 11.8 Å². The Morgan fingerprint density at radius 1 is 1.25 bits per heavy atom. The Morgan fingerprint density at radius 2 is 1.80 bits per heavy atom. The zero-order chi connectivity index (χ0) is 15.4. The second kappa shape index (κ2) is 6.37. The van der Waals surface area contributed by atoms with Crippen molar-refractivity contribution in [1.82, 2.24) is 4.31 Å². The fourth-order valence-corrected chi connectivity index (χ4v) is 2.99. The Kier molecular flexibility index (Phi) is 5.31. The summed E-state index contributed by atoms with van der Waals surface area (Å²) in [6, 6.07) is 6.07. The lowest BCUT2D eigenvalue weighted by molar-refractivity contribution is 0.0640. The molecule has 110 valence electrons. The third-order valence-corrected chi connectivity index (χ3v) is 4.30. The van der Waals surface area contributed by atoms with Gasteiger partial charge in [0.15, 0.2) is 0 Å². The quantitative estimate of drug-likeness (QED) is 0.790. The number of sulfonamides is 1. The van der Waals surface area contributed by atoms with Crippen molar-refractivity contribution in [2.24, 2.45) is 0 Å². The summed E-state index contributed by atoms with van der Waals surface area (Å²) in [5.74, 6) is 5.18. The standard InChI is InChI=1S/C14H19NO4S/c1-14(2,17)11-15(3)20(18,19)13-8-6-12(7-9-13)5-4-10-16/h6-9,16-17H,10-11H2,1-3H3. The Balaban J connectivity index is 2.98. The van der Waals surface area contributed by atoms with E-state index in [-0.39, 0.29) is 18.0 Å². The minimum Gasteiger partial charge on any atom is -0.389 e. The van der Waals surface area contributed by atoms with Crippen molar-refractivity contribution in [2.75, 3.05) is 20.2 Å². The number of likely N-dealkylation sites (N-methyl/N-ethyl adjacent to an activating group) is 1. The van der Waals surface area contributed by atoms with Crippen LogP contribution in [0.15, 0.2) is 29.2 Å². The summed E-state index contributed by atoms with van der Waals surface area (Å²) in [4.78, 5) is 0.138. The second-order valence-electron chi connectivity index (χ2n) is 5.06. The third-order valence-electron chi connectivity index (χ3n) is 2.48. The van der Waals surface area contributed by atoms with Crippen molar-refractivity contribution in [2.45, 2.75) is 24.3 Å². The summed E-state index contributed by atoms with van der Waals surface area (Å²) in [7, 11) is -2.21. The van der Waals surface area contributed by atoms with Crippen molar-refractivity contribution >= 4 is 10.0 Å². The Morgan fingerprint density at radius 3 is 2.25 bits per heavy atom. The van der Waals surface area contributed by atoms with Crippen molar-refractivity contribution in [3.63, 3.8) is 0 Å². The molecule has 0 amide bonds. The number of nitrogens with zero attached hydrogens (tertiary/aromatic N) is 1. The second-order valence-corrected chi connectivity index (χ2v) is 7.10. The number of hydrogen-bond acceptors (Lipinski definition) is 4. The fraction of sp³-hybridized carbons (Fsp3) is 0.429. The van der Waals surface area contributed by atoms with Crippen LogP contribution in [0.2, 0.25) is 0 Å². The monoisotopic (exact) mass is 297 g/mol. The molecule has 0 aliphatic heterocycles. The molecule has 1 rings (SSSR count). The molecule has 0 saturated heterocycles. The SMILES string of the molecule is CN(CC(C)(C)O)S(=O)(=O)c1ccc(C#CCO)cc1. The molecule has 0 bridgehead atoms. The number of rotatable bonds is 4. The van der Waals surface area contributed by atoms with Crippen LogP contribution in [0.5, 0.6) is 0 Å². The highest BCUT2D eigenvalue weighted by Crippen LogP contribution is 2.17. The molecular formula is C14H19NO4S. The molecule has 0 fully saturated rings. The molecule has 0 aliphatic rings. The van der Waals surface area contributed by atoms with Gasteiger partial charge in [-0.05, 0) is 38.1 Å². The Bertz CT molecular complexity index is 603. The summed E-state index contributed by atoms with van der Waals surface area (Å²) < 4.78 is 25.7. The predicted molar refractivity (Wildman–Crippen MR) is 76.5 cm³/mol. The summed E-state index contributed by atoms with van der Waals surface area (Å²) in [5.41, 5.74) is -0.475. The summed E-state index contributed by atoms with van der Waals surface area (Å²) >= 11 is 0. The molecule has 0 atom stereocenters. The number of benzene rings is 1. The first kappa shape index (κ1) is 16.7. The maximum absolute atomic E-state index is 12.3. The van der Waals surface area contributed by atoms with E-state index in [0.29, 0.717) is 5.56 Å². The van der Waals surface area contributed by atoms with E-state index in [9.17, 15) is 13.5 Å². The van der Waals surface area contributed by atoms with Gasteiger partial charge in [-0.15, -0.1) is 0 Å². The third kappa shape index (κ3) is 4.62. The van der Waals surface area contributed by atoms with Gasteiger partial charge in [0.05, 0.1) is 10.5 Å². The van der Waals surface area contributed by atoms with Gasteiger partial charge in [-0.1, -0.05) is 11.8 Å². The fourth-order valence-electron chi connectivity index (χ4n) is 1.66. The predicted octanol–water partition coefficient (Wildman–Crippen LogP) is 0.422. The largest absolute Gasteiger partial charge is 0.389 e. The molecule has 5 nitrogen and oxygen atoms in total. The molecule has 20 heavy (non-hydrogen) atoms. The molecule has 1 aromatic rings. The molecule has 0 aromatic heterocycles. The van der Waals surface area contributed by atoms with E-state index in [2.05, 4.69) is 11.8 Å². The van der Waals surface area contributed by atoms with E-state index < -0.39 is 15.6 Å². The van der Waals surface area contributed by atoms with Gasteiger partial charge in [-0.3, -0.25) is 0 Å². The van der Waals surface area contributed by atoms with Crippen LogP contribution in [0.3, 0.4) is 0 Å². The van der Waals surface area contributed by atoms with E-state index in [1.807, 2.05) is 0 Å². The van der Waals surface area contributed by atoms with E-state index in [1.165, 1.54) is 19.2 Å². The van der Waals surface area contributed by atoms with Gasteiger partial charge in [0.25, 0.3) is 0 Å². The first-order valence-corrected chi connectivity index (χ1v) is 7.49. The van der Waals surface area contributed by atoms with Gasteiger partial charge in [-0.25, -0.2) is 8.42 Å². The van der Waals surface area contributed by atoms with Crippen molar-refractivity contribution in [1.29, 1.82) is 0 Å².